The molecule has 4 heteroatoms. The van der Waals surface area contributed by atoms with Gasteiger partial charge in [0, 0.05) is 17.3 Å². The quantitative estimate of drug-likeness (QED) is 0.944. The van der Waals surface area contributed by atoms with Gasteiger partial charge in [-0.15, -0.1) is 0 Å². The highest BCUT2D eigenvalue weighted by Crippen LogP contribution is 2.31. The maximum Gasteiger partial charge on any atom is 0.251 e. The molecule has 118 valence electrons. The van der Waals surface area contributed by atoms with Crippen LogP contribution in [-0.2, 0) is 17.8 Å². The van der Waals surface area contributed by atoms with Gasteiger partial charge < -0.3 is 10.2 Å². The molecule has 0 aliphatic carbocycles. The van der Waals surface area contributed by atoms with Gasteiger partial charge in [0.05, 0.1) is 13.0 Å². The van der Waals surface area contributed by atoms with Crippen molar-refractivity contribution in [3.8, 4) is 0 Å². The first-order valence-electron chi connectivity index (χ1n) is 7.82. The lowest BCUT2D eigenvalue weighted by atomic mass is 10.1. The van der Waals surface area contributed by atoms with Gasteiger partial charge in [0.2, 0.25) is 5.91 Å². The number of benzene rings is 2. The number of fused-ring (bicyclic) bond motifs is 1. The average Bonchev–Trinajstić information content (AvgIpc) is 2.83. The first-order chi connectivity index (χ1) is 11.0. The van der Waals surface area contributed by atoms with Crippen LogP contribution in [0.25, 0.3) is 0 Å². The Labute approximate surface area is 136 Å². The summed E-state index contributed by atoms with van der Waals surface area (Å²) in [6, 6.07) is 15.5. The Morgan fingerprint density at radius 2 is 1.91 bits per heavy atom. The molecule has 2 aromatic carbocycles. The molecule has 0 aromatic heterocycles. The smallest absolute Gasteiger partial charge is 0.251 e. The normalized spacial score (nSPS) is 13.3. The molecule has 2 aromatic rings. The summed E-state index contributed by atoms with van der Waals surface area (Å²) in [5.41, 5.74) is 3.52. The molecule has 0 radical (unpaired) electrons. The Morgan fingerprint density at radius 3 is 2.61 bits per heavy atom. The third kappa shape index (κ3) is 3.26. The van der Waals surface area contributed by atoms with Crippen molar-refractivity contribution in [3.05, 3.63) is 65.2 Å². The van der Waals surface area contributed by atoms with Crippen LogP contribution in [0.3, 0.4) is 0 Å². The molecule has 3 rings (SSSR count). The number of hydrogen-bond donors (Lipinski definition) is 1. The Morgan fingerprint density at radius 1 is 1.17 bits per heavy atom. The van der Waals surface area contributed by atoms with Crippen LogP contribution >= 0.6 is 0 Å². The van der Waals surface area contributed by atoms with Crippen molar-refractivity contribution in [1.29, 1.82) is 0 Å². The van der Waals surface area contributed by atoms with E-state index < -0.39 is 0 Å². The zero-order valence-electron chi connectivity index (χ0n) is 13.4. The van der Waals surface area contributed by atoms with E-state index in [0.29, 0.717) is 18.5 Å². The van der Waals surface area contributed by atoms with E-state index in [0.717, 1.165) is 16.8 Å². The SMILES string of the molecule is CC(C)NC(=O)c1ccc2c(c1)CC(=O)N2Cc1ccccc1. The van der Waals surface area contributed by atoms with Crippen molar-refractivity contribution in [2.45, 2.75) is 32.9 Å². The van der Waals surface area contributed by atoms with Crippen molar-refractivity contribution >= 4 is 17.5 Å². The lowest BCUT2D eigenvalue weighted by molar-refractivity contribution is -0.117. The molecule has 0 fully saturated rings. The van der Waals surface area contributed by atoms with Gasteiger partial charge in [-0.25, -0.2) is 0 Å². The standard InChI is InChI=1S/C19H20N2O2/c1-13(2)20-19(23)15-8-9-17-16(10-15)11-18(22)21(17)12-14-6-4-3-5-7-14/h3-10,13H,11-12H2,1-2H3,(H,20,23). The van der Waals surface area contributed by atoms with Crippen molar-refractivity contribution in [2.75, 3.05) is 4.90 Å². The molecular weight excluding hydrogens is 288 g/mol. The van der Waals surface area contributed by atoms with Crippen LogP contribution in [0.15, 0.2) is 48.5 Å². The first-order valence-corrected chi connectivity index (χ1v) is 7.82. The summed E-state index contributed by atoms with van der Waals surface area (Å²) < 4.78 is 0. The average molecular weight is 308 g/mol. The second-order valence-corrected chi connectivity index (χ2v) is 6.11. The van der Waals surface area contributed by atoms with Crippen molar-refractivity contribution < 1.29 is 9.59 Å². The number of hydrogen-bond acceptors (Lipinski definition) is 2. The minimum atomic E-state index is -0.100. The van der Waals surface area contributed by atoms with Gasteiger partial charge in [-0.2, -0.15) is 0 Å². The second-order valence-electron chi connectivity index (χ2n) is 6.11. The largest absolute Gasteiger partial charge is 0.350 e. The molecule has 4 nitrogen and oxygen atoms in total. The summed E-state index contributed by atoms with van der Waals surface area (Å²) in [7, 11) is 0. The van der Waals surface area contributed by atoms with E-state index >= 15 is 0 Å². The maximum atomic E-state index is 12.3. The summed E-state index contributed by atoms with van der Waals surface area (Å²) in [5, 5.41) is 2.88. The van der Waals surface area contributed by atoms with Crippen LogP contribution in [0.5, 0.6) is 0 Å². The Bertz CT molecular complexity index is 738. The number of nitrogens with one attached hydrogen (secondary N) is 1. The Hall–Kier alpha value is -2.62. The highest BCUT2D eigenvalue weighted by Gasteiger charge is 2.28. The highest BCUT2D eigenvalue weighted by atomic mass is 16.2. The third-order valence-corrected chi connectivity index (χ3v) is 3.88. The van der Waals surface area contributed by atoms with Crippen LogP contribution in [0.2, 0.25) is 0 Å². The third-order valence-electron chi connectivity index (χ3n) is 3.88. The lowest BCUT2D eigenvalue weighted by Crippen LogP contribution is -2.30. The van der Waals surface area contributed by atoms with Gasteiger partial charge in [0.1, 0.15) is 0 Å². The summed E-state index contributed by atoms with van der Waals surface area (Å²) in [5.74, 6) is -0.0259. The molecule has 2 amide bonds. The predicted molar refractivity (Wildman–Crippen MR) is 90.4 cm³/mol. The van der Waals surface area contributed by atoms with Crippen LogP contribution in [0.4, 0.5) is 5.69 Å². The van der Waals surface area contributed by atoms with Crippen molar-refractivity contribution in [1.82, 2.24) is 5.32 Å². The minimum Gasteiger partial charge on any atom is -0.350 e. The van der Waals surface area contributed by atoms with E-state index in [2.05, 4.69) is 5.32 Å². The van der Waals surface area contributed by atoms with E-state index in [1.807, 2.05) is 56.3 Å². The van der Waals surface area contributed by atoms with Crippen molar-refractivity contribution in [2.24, 2.45) is 0 Å². The van der Waals surface area contributed by atoms with Gasteiger partial charge in [0.15, 0.2) is 0 Å². The molecule has 0 unspecified atom stereocenters. The predicted octanol–water partition coefficient (Wildman–Crippen LogP) is 2.91. The number of nitrogens with zero attached hydrogens (tertiary/aromatic N) is 1. The number of amides is 2. The van der Waals surface area contributed by atoms with E-state index in [1.165, 1.54) is 0 Å². The van der Waals surface area contributed by atoms with Gasteiger partial charge >= 0.3 is 0 Å². The lowest BCUT2D eigenvalue weighted by Gasteiger charge is -2.18. The van der Waals surface area contributed by atoms with Gasteiger partial charge in [0.25, 0.3) is 5.91 Å². The molecule has 1 aliphatic heterocycles. The van der Waals surface area contributed by atoms with Crippen LogP contribution in [-0.4, -0.2) is 17.9 Å². The first kappa shape index (κ1) is 15.3. The molecule has 1 heterocycles. The molecule has 1 N–H and O–H groups in total. The molecule has 0 atom stereocenters. The maximum absolute atomic E-state index is 12.3. The topological polar surface area (TPSA) is 49.4 Å². The van der Waals surface area contributed by atoms with Crippen molar-refractivity contribution in [3.63, 3.8) is 0 Å². The Balaban J connectivity index is 1.84. The summed E-state index contributed by atoms with van der Waals surface area (Å²) in [4.78, 5) is 26.2. The zero-order valence-corrected chi connectivity index (χ0v) is 13.4. The van der Waals surface area contributed by atoms with E-state index in [4.69, 9.17) is 0 Å². The molecule has 0 bridgehead atoms. The van der Waals surface area contributed by atoms with Crippen LogP contribution in [0.1, 0.15) is 35.3 Å². The molecule has 23 heavy (non-hydrogen) atoms. The summed E-state index contributed by atoms with van der Waals surface area (Å²) in [6.45, 7) is 4.41. The molecular formula is C19H20N2O2. The second kappa shape index (κ2) is 6.24. The fraction of sp³-hybridized carbons (Fsp3) is 0.263. The van der Waals surface area contributed by atoms with E-state index in [-0.39, 0.29) is 17.9 Å². The van der Waals surface area contributed by atoms with Crippen LogP contribution < -0.4 is 10.2 Å². The number of anilines is 1. The minimum absolute atomic E-state index is 0.0743. The molecule has 0 saturated carbocycles. The van der Waals surface area contributed by atoms with Gasteiger partial charge in [-0.05, 0) is 43.2 Å². The molecule has 0 saturated heterocycles. The number of carbonyl (C=O) groups is 2. The zero-order chi connectivity index (χ0) is 16.4. The van der Waals surface area contributed by atoms with E-state index in [9.17, 15) is 9.59 Å². The van der Waals surface area contributed by atoms with Crippen LogP contribution in [0, 0.1) is 0 Å². The monoisotopic (exact) mass is 308 g/mol. The molecule has 0 spiro atoms. The Kier molecular flexibility index (Phi) is 4.15. The van der Waals surface area contributed by atoms with Gasteiger partial charge in [-0.1, -0.05) is 30.3 Å². The van der Waals surface area contributed by atoms with E-state index in [1.54, 1.807) is 11.0 Å². The summed E-state index contributed by atoms with van der Waals surface area (Å²) in [6.07, 6.45) is 0.352. The fourth-order valence-corrected chi connectivity index (χ4v) is 2.81. The van der Waals surface area contributed by atoms with Gasteiger partial charge in [-0.3, -0.25) is 9.59 Å². The highest BCUT2D eigenvalue weighted by molar-refractivity contribution is 6.03. The number of rotatable bonds is 4. The molecule has 1 aliphatic rings. The fourth-order valence-electron chi connectivity index (χ4n) is 2.81. The summed E-state index contributed by atoms with van der Waals surface area (Å²) >= 11 is 0. The number of carbonyl (C=O) groups excluding carboxylic acids is 2.